The van der Waals surface area contributed by atoms with Crippen LogP contribution in [0.4, 0.5) is 11.4 Å². The van der Waals surface area contributed by atoms with Crippen LogP contribution in [-0.2, 0) is 4.79 Å². The summed E-state index contributed by atoms with van der Waals surface area (Å²) in [6.45, 7) is -0.188. The molecule has 0 saturated carbocycles. The summed E-state index contributed by atoms with van der Waals surface area (Å²) in [4.78, 5) is 24.5. The Labute approximate surface area is 122 Å². The van der Waals surface area contributed by atoms with Crippen molar-refractivity contribution in [3.63, 3.8) is 0 Å². The number of carbonyl (C=O) groups is 2. The van der Waals surface area contributed by atoms with Crippen LogP contribution in [0.1, 0.15) is 10.4 Å². The third-order valence-corrected chi connectivity index (χ3v) is 3.00. The third-order valence-electron chi connectivity index (χ3n) is 3.00. The molecule has 5 heteroatoms. The minimum absolute atomic E-state index is 0.153. The lowest BCUT2D eigenvalue weighted by atomic mass is 10.1. The van der Waals surface area contributed by atoms with Crippen LogP contribution in [0, 0.1) is 0 Å². The maximum absolute atomic E-state index is 12.4. The van der Waals surface area contributed by atoms with E-state index in [1.807, 2.05) is 30.3 Å². The Morgan fingerprint density at radius 3 is 2.48 bits per heavy atom. The summed E-state index contributed by atoms with van der Waals surface area (Å²) < 4.78 is 0. The van der Waals surface area contributed by atoms with E-state index in [1.165, 1.54) is 0 Å². The molecule has 0 aliphatic carbocycles. The molecule has 0 unspecified atom stereocenters. The zero-order valence-electron chi connectivity index (χ0n) is 11.6. The molecule has 0 aliphatic heterocycles. The van der Waals surface area contributed by atoms with E-state index in [-0.39, 0.29) is 12.5 Å². The van der Waals surface area contributed by atoms with Gasteiger partial charge in [0.25, 0.3) is 5.91 Å². The van der Waals surface area contributed by atoms with E-state index < -0.39 is 5.97 Å². The van der Waals surface area contributed by atoms with Gasteiger partial charge in [0.2, 0.25) is 0 Å². The monoisotopic (exact) mass is 284 g/mol. The topological polar surface area (TPSA) is 69.6 Å². The normalized spacial score (nSPS) is 9.95. The minimum atomic E-state index is -0.951. The maximum Gasteiger partial charge on any atom is 0.322 e. The van der Waals surface area contributed by atoms with Crippen molar-refractivity contribution in [1.29, 1.82) is 0 Å². The first-order chi connectivity index (χ1) is 10.1. The molecule has 0 saturated heterocycles. The molecule has 1 amide bonds. The van der Waals surface area contributed by atoms with Gasteiger partial charge in [-0.25, -0.2) is 0 Å². The second-order valence-corrected chi connectivity index (χ2v) is 4.53. The number of anilines is 2. The fraction of sp³-hybridized carbons (Fsp3) is 0.125. The van der Waals surface area contributed by atoms with E-state index in [4.69, 9.17) is 5.11 Å². The van der Waals surface area contributed by atoms with Crippen molar-refractivity contribution < 1.29 is 14.7 Å². The van der Waals surface area contributed by atoms with Crippen LogP contribution >= 0.6 is 0 Å². The van der Waals surface area contributed by atoms with Crippen LogP contribution in [0.3, 0.4) is 0 Å². The molecule has 0 heterocycles. The Kier molecular flexibility index (Phi) is 4.56. The number of carboxylic acid groups (broad SMARTS) is 1. The predicted octanol–water partition coefficient (Wildman–Crippen LogP) is 2.46. The van der Waals surface area contributed by atoms with E-state index >= 15 is 0 Å². The van der Waals surface area contributed by atoms with Gasteiger partial charge in [-0.2, -0.15) is 0 Å². The minimum Gasteiger partial charge on any atom is -0.480 e. The van der Waals surface area contributed by atoms with Gasteiger partial charge in [-0.05, 0) is 30.3 Å². The van der Waals surface area contributed by atoms with E-state index in [2.05, 4.69) is 5.32 Å². The Morgan fingerprint density at radius 2 is 1.81 bits per heavy atom. The van der Waals surface area contributed by atoms with Crippen molar-refractivity contribution in [2.24, 2.45) is 0 Å². The lowest BCUT2D eigenvalue weighted by Gasteiger charge is -2.17. The van der Waals surface area contributed by atoms with Crippen molar-refractivity contribution in [2.75, 3.05) is 23.8 Å². The molecule has 0 atom stereocenters. The largest absolute Gasteiger partial charge is 0.480 e. The lowest BCUT2D eigenvalue weighted by Crippen LogP contribution is -2.26. The highest BCUT2D eigenvalue weighted by Crippen LogP contribution is 2.17. The Hall–Kier alpha value is -2.82. The molecule has 2 rings (SSSR count). The van der Waals surface area contributed by atoms with Crippen LogP contribution in [0.5, 0.6) is 0 Å². The molecule has 2 aromatic rings. The van der Waals surface area contributed by atoms with Gasteiger partial charge in [0.05, 0.1) is 0 Å². The predicted molar refractivity (Wildman–Crippen MR) is 81.7 cm³/mol. The van der Waals surface area contributed by atoms with E-state index in [9.17, 15) is 9.59 Å². The number of para-hydroxylation sites is 1. The Balaban J connectivity index is 2.15. The maximum atomic E-state index is 12.4. The van der Waals surface area contributed by atoms with Crippen LogP contribution in [0.15, 0.2) is 54.6 Å². The molecule has 0 fully saturated rings. The van der Waals surface area contributed by atoms with E-state index in [0.29, 0.717) is 11.3 Å². The SMILES string of the molecule is CN(C(=O)c1cccc(NCC(=O)O)c1)c1ccccc1. The molecule has 0 radical (unpaired) electrons. The number of hydrogen-bond donors (Lipinski definition) is 2. The van der Waals surface area contributed by atoms with Crippen molar-refractivity contribution in [2.45, 2.75) is 0 Å². The number of nitrogens with one attached hydrogen (secondary N) is 1. The molecular formula is C16H16N2O3. The smallest absolute Gasteiger partial charge is 0.322 e. The highest BCUT2D eigenvalue weighted by Gasteiger charge is 2.13. The standard InChI is InChI=1S/C16H16N2O3/c1-18(14-8-3-2-4-9-14)16(21)12-6-5-7-13(10-12)17-11-15(19)20/h2-10,17H,11H2,1H3,(H,19,20). The Morgan fingerprint density at radius 1 is 1.10 bits per heavy atom. The fourth-order valence-electron chi connectivity index (χ4n) is 1.90. The summed E-state index contributed by atoms with van der Waals surface area (Å²) in [5, 5.41) is 11.4. The van der Waals surface area contributed by atoms with Gasteiger partial charge in [0.1, 0.15) is 6.54 Å². The molecule has 21 heavy (non-hydrogen) atoms. The molecular weight excluding hydrogens is 268 g/mol. The van der Waals surface area contributed by atoms with Gasteiger partial charge in [-0.15, -0.1) is 0 Å². The summed E-state index contributed by atoms with van der Waals surface area (Å²) >= 11 is 0. The number of benzene rings is 2. The fourth-order valence-corrected chi connectivity index (χ4v) is 1.90. The number of hydrogen-bond acceptors (Lipinski definition) is 3. The summed E-state index contributed by atoms with van der Waals surface area (Å²) in [5.41, 5.74) is 1.90. The molecule has 0 bridgehead atoms. The zero-order chi connectivity index (χ0) is 15.2. The highest BCUT2D eigenvalue weighted by molar-refractivity contribution is 6.06. The van der Waals surface area contributed by atoms with Gasteiger partial charge in [0.15, 0.2) is 0 Å². The summed E-state index contributed by atoms with van der Waals surface area (Å²) in [6.07, 6.45) is 0. The number of carbonyl (C=O) groups excluding carboxylic acids is 1. The molecule has 0 aliphatic rings. The summed E-state index contributed by atoms with van der Waals surface area (Å²) in [6, 6.07) is 16.1. The van der Waals surface area contributed by atoms with Crippen molar-refractivity contribution >= 4 is 23.3 Å². The van der Waals surface area contributed by atoms with Crippen molar-refractivity contribution in [3.8, 4) is 0 Å². The summed E-state index contributed by atoms with van der Waals surface area (Å²) in [5.74, 6) is -1.10. The number of rotatable bonds is 5. The first-order valence-corrected chi connectivity index (χ1v) is 6.47. The lowest BCUT2D eigenvalue weighted by molar-refractivity contribution is -0.134. The number of aliphatic carboxylic acids is 1. The third kappa shape index (κ3) is 3.82. The average Bonchev–Trinajstić information content (AvgIpc) is 2.52. The first-order valence-electron chi connectivity index (χ1n) is 6.47. The quantitative estimate of drug-likeness (QED) is 0.885. The molecule has 0 aromatic heterocycles. The van der Waals surface area contributed by atoms with Crippen LogP contribution < -0.4 is 10.2 Å². The molecule has 0 spiro atoms. The average molecular weight is 284 g/mol. The highest BCUT2D eigenvalue weighted by atomic mass is 16.4. The van der Waals surface area contributed by atoms with Crippen LogP contribution in [-0.4, -0.2) is 30.6 Å². The van der Waals surface area contributed by atoms with E-state index in [1.54, 1.807) is 36.2 Å². The molecule has 2 aromatic carbocycles. The van der Waals surface area contributed by atoms with Gasteiger partial charge < -0.3 is 15.3 Å². The number of amides is 1. The first kappa shape index (κ1) is 14.6. The number of carboxylic acids is 1. The Bertz CT molecular complexity index is 641. The van der Waals surface area contributed by atoms with Gasteiger partial charge in [0, 0.05) is 24.0 Å². The number of nitrogens with zero attached hydrogens (tertiary/aromatic N) is 1. The zero-order valence-corrected chi connectivity index (χ0v) is 11.6. The second kappa shape index (κ2) is 6.56. The van der Waals surface area contributed by atoms with Crippen molar-refractivity contribution in [3.05, 3.63) is 60.2 Å². The summed E-state index contributed by atoms with van der Waals surface area (Å²) in [7, 11) is 1.70. The van der Waals surface area contributed by atoms with Gasteiger partial charge in [-0.3, -0.25) is 9.59 Å². The molecule has 5 nitrogen and oxygen atoms in total. The van der Waals surface area contributed by atoms with Gasteiger partial charge in [-0.1, -0.05) is 24.3 Å². The van der Waals surface area contributed by atoms with Crippen LogP contribution in [0.2, 0.25) is 0 Å². The molecule has 108 valence electrons. The van der Waals surface area contributed by atoms with E-state index in [0.717, 1.165) is 5.69 Å². The second-order valence-electron chi connectivity index (χ2n) is 4.53. The van der Waals surface area contributed by atoms with Gasteiger partial charge >= 0.3 is 5.97 Å². The molecule has 2 N–H and O–H groups in total. The van der Waals surface area contributed by atoms with Crippen LogP contribution in [0.25, 0.3) is 0 Å². The van der Waals surface area contributed by atoms with Crippen molar-refractivity contribution in [1.82, 2.24) is 0 Å².